The summed E-state index contributed by atoms with van der Waals surface area (Å²) in [6.07, 6.45) is -1.98. The number of allylic oxidation sites excluding steroid dienone is 1. The lowest BCUT2D eigenvalue weighted by Gasteiger charge is -2.09. The van der Waals surface area contributed by atoms with Crippen LogP contribution in [0, 0.1) is 11.3 Å². The van der Waals surface area contributed by atoms with E-state index in [1.54, 1.807) is 18.2 Å². The molecule has 2 rings (SSSR count). The largest absolute Gasteiger partial charge is 0.573 e. The molecule has 0 radical (unpaired) electrons. The molecule has 5 nitrogen and oxygen atoms in total. The summed E-state index contributed by atoms with van der Waals surface area (Å²) in [4.78, 5) is 12.1. The second-order valence-electron chi connectivity index (χ2n) is 5.13. The van der Waals surface area contributed by atoms with Crippen LogP contribution in [-0.4, -0.2) is 25.9 Å². The second kappa shape index (κ2) is 8.76. The summed E-state index contributed by atoms with van der Waals surface area (Å²) in [5, 5.41) is 8.54. The molecule has 0 unspecified atom stereocenters. The first-order chi connectivity index (χ1) is 12.8. The molecule has 2 aromatic carbocycles. The van der Waals surface area contributed by atoms with E-state index in [1.165, 1.54) is 31.4 Å². The topological polar surface area (TPSA) is 68.6 Å². The van der Waals surface area contributed by atoms with Crippen LogP contribution in [0.2, 0.25) is 0 Å². The minimum absolute atomic E-state index is 0.127. The number of carbonyl (C=O) groups excluding carboxylic acids is 1. The summed E-state index contributed by atoms with van der Waals surface area (Å²) in [6, 6.07) is 11.4. The van der Waals surface area contributed by atoms with Crippen molar-refractivity contribution < 1.29 is 32.2 Å². The fourth-order valence-corrected chi connectivity index (χ4v) is 2.11. The predicted octanol–water partition coefficient (Wildman–Crippen LogP) is 4.39. The van der Waals surface area contributed by atoms with Gasteiger partial charge in [0.15, 0.2) is 23.9 Å². The van der Waals surface area contributed by atoms with Gasteiger partial charge in [-0.3, -0.25) is 4.79 Å². The van der Waals surface area contributed by atoms with Crippen LogP contribution < -0.4 is 14.2 Å². The average molecular weight is 377 g/mol. The zero-order chi connectivity index (χ0) is 19.9. The van der Waals surface area contributed by atoms with Crippen LogP contribution in [0.3, 0.4) is 0 Å². The fourth-order valence-electron chi connectivity index (χ4n) is 2.11. The summed E-state index contributed by atoms with van der Waals surface area (Å²) in [5.74, 6) is -0.00524. The summed E-state index contributed by atoms with van der Waals surface area (Å²) in [5.41, 5.74) is 0.850. The molecule has 0 aliphatic heterocycles. The molecular formula is C19H14F3NO4. The maximum atomic E-state index is 12.1. The van der Waals surface area contributed by atoms with E-state index in [-0.39, 0.29) is 12.2 Å². The quantitative estimate of drug-likeness (QED) is 0.529. The number of nitriles is 1. The smallest absolute Gasteiger partial charge is 0.493 e. The van der Waals surface area contributed by atoms with Crippen LogP contribution >= 0.6 is 0 Å². The Kier molecular flexibility index (Phi) is 6.44. The van der Waals surface area contributed by atoms with Crippen molar-refractivity contribution >= 4 is 11.9 Å². The third-order valence-corrected chi connectivity index (χ3v) is 3.28. The number of benzene rings is 2. The Morgan fingerprint density at radius 3 is 2.44 bits per heavy atom. The van der Waals surface area contributed by atoms with Crippen LogP contribution in [0.25, 0.3) is 6.08 Å². The maximum Gasteiger partial charge on any atom is 0.573 e. The number of halogens is 3. The Morgan fingerprint density at radius 2 is 1.85 bits per heavy atom. The normalized spacial score (nSPS) is 11.1. The molecule has 0 bridgehead atoms. The Hall–Kier alpha value is -3.47. The van der Waals surface area contributed by atoms with Crippen molar-refractivity contribution in [2.24, 2.45) is 0 Å². The van der Waals surface area contributed by atoms with E-state index >= 15 is 0 Å². The zero-order valence-corrected chi connectivity index (χ0v) is 14.1. The maximum absolute atomic E-state index is 12.1. The van der Waals surface area contributed by atoms with Crippen molar-refractivity contribution in [2.75, 3.05) is 13.7 Å². The van der Waals surface area contributed by atoms with Gasteiger partial charge >= 0.3 is 6.36 Å². The van der Waals surface area contributed by atoms with Crippen molar-refractivity contribution in [1.29, 1.82) is 5.26 Å². The lowest BCUT2D eigenvalue weighted by atomic mass is 10.1. The standard InChI is InChI=1S/C19H14F3NO4/c1-25-18-12-13(3-9-17(18)26-11-10-23)2-8-16(24)14-4-6-15(7-5-14)27-19(20,21)22/h2-9,12H,11H2,1H3/b8-2+. The third-order valence-electron chi connectivity index (χ3n) is 3.28. The first-order valence-corrected chi connectivity index (χ1v) is 7.58. The van der Waals surface area contributed by atoms with E-state index in [0.29, 0.717) is 17.1 Å². The summed E-state index contributed by atoms with van der Waals surface area (Å²) < 4.78 is 50.5. The molecule has 0 aliphatic carbocycles. The summed E-state index contributed by atoms with van der Waals surface area (Å²) in [7, 11) is 1.44. The van der Waals surface area contributed by atoms with Gasteiger partial charge in [-0.1, -0.05) is 12.1 Å². The van der Waals surface area contributed by atoms with Crippen molar-refractivity contribution in [3.05, 3.63) is 59.7 Å². The van der Waals surface area contributed by atoms with Gasteiger partial charge in [0.1, 0.15) is 11.8 Å². The Labute approximate surface area is 153 Å². The predicted molar refractivity (Wildman–Crippen MR) is 90.6 cm³/mol. The Bertz CT molecular complexity index is 868. The summed E-state index contributed by atoms with van der Waals surface area (Å²) in [6.45, 7) is -0.127. The lowest BCUT2D eigenvalue weighted by molar-refractivity contribution is -0.274. The van der Waals surface area contributed by atoms with Gasteiger partial charge in [-0.15, -0.1) is 13.2 Å². The molecular weight excluding hydrogens is 363 g/mol. The molecule has 0 saturated heterocycles. The fraction of sp³-hybridized carbons (Fsp3) is 0.158. The van der Waals surface area contributed by atoms with E-state index in [2.05, 4.69) is 4.74 Å². The minimum atomic E-state index is -4.78. The number of rotatable bonds is 7. The number of ether oxygens (including phenoxy) is 3. The molecule has 0 fully saturated rings. The van der Waals surface area contributed by atoms with E-state index in [1.807, 2.05) is 6.07 Å². The van der Waals surface area contributed by atoms with Gasteiger partial charge in [0.05, 0.1) is 7.11 Å². The first-order valence-electron chi connectivity index (χ1n) is 7.58. The first kappa shape index (κ1) is 19.8. The van der Waals surface area contributed by atoms with Gasteiger partial charge in [-0.2, -0.15) is 5.26 Å². The van der Waals surface area contributed by atoms with Gasteiger partial charge in [-0.25, -0.2) is 0 Å². The molecule has 0 atom stereocenters. The highest BCUT2D eigenvalue weighted by Gasteiger charge is 2.31. The number of carbonyl (C=O) groups is 1. The number of methoxy groups -OCH3 is 1. The molecule has 0 spiro atoms. The van der Waals surface area contributed by atoms with Crippen LogP contribution in [0.4, 0.5) is 13.2 Å². The van der Waals surface area contributed by atoms with Crippen molar-refractivity contribution in [3.8, 4) is 23.3 Å². The molecule has 8 heteroatoms. The van der Waals surface area contributed by atoms with Crippen LogP contribution in [0.15, 0.2) is 48.5 Å². The highest BCUT2D eigenvalue weighted by molar-refractivity contribution is 6.06. The van der Waals surface area contributed by atoms with Gasteiger partial charge in [0.25, 0.3) is 0 Å². The van der Waals surface area contributed by atoms with Crippen molar-refractivity contribution in [1.82, 2.24) is 0 Å². The third kappa shape index (κ3) is 6.08. The molecule has 0 aliphatic rings. The molecule has 0 saturated carbocycles. The molecule has 2 aromatic rings. The van der Waals surface area contributed by atoms with Crippen LogP contribution in [-0.2, 0) is 0 Å². The number of nitrogens with zero attached hydrogens (tertiary/aromatic N) is 1. The number of alkyl halides is 3. The Morgan fingerprint density at radius 1 is 1.15 bits per heavy atom. The number of hydrogen-bond donors (Lipinski definition) is 0. The SMILES string of the molecule is COc1cc(/C=C/C(=O)c2ccc(OC(F)(F)F)cc2)ccc1OCC#N. The average Bonchev–Trinajstić information content (AvgIpc) is 2.64. The van der Waals surface area contributed by atoms with Crippen LogP contribution in [0.5, 0.6) is 17.2 Å². The number of hydrogen-bond acceptors (Lipinski definition) is 5. The Balaban J connectivity index is 2.09. The number of ketones is 1. The lowest BCUT2D eigenvalue weighted by Crippen LogP contribution is -2.17. The van der Waals surface area contributed by atoms with Gasteiger partial charge < -0.3 is 14.2 Å². The van der Waals surface area contributed by atoms with Gasteiger partial charge in [0.2, 0.25) is 0 Å². The van der Waals surface area contributed by atoms with Gasteiger partial charge in [-0.05, 0) is 48.0 Å². The van der Waals surface area contributed by atoms with Crippen molar-refractivity contribution in [3.63, 3.8) is 0 Å². The zero-order valence-electron chi connectivity index (χ0n) is 14.1. The van der Waals surface area contributed by atoms with E-state index in [9.17, 15) is 18.0 Å². The van der Waals surface area contributed by atoms with E-state index < -0.39 is 17.9 Å². The molecule has 0 aromatic heterocycles. The molecule has 0 heterocycles. The van der Waals surface area contributed by atoms with E-state index in [0.717, 1.165) is 12.1 Å². The second-order valence-corrected chi connectivity index (χ2v) is 5.13. The minimum Gasteiger partial charge on any atom is -0.493 e. The van der Waals surface area contributed by atoms with E-state index in [4.69, 9.17) is 14.7 Å². The van der Waals surface area contributed by atoms with Crippen LogP contribution in [0.1, 0.15) is 15.9 Å². The highest BCUT2D eigenvalue weighted by atomic mass is 19.4. The molecule has 0 N–H and O–H groups in total. The summed E-state index contributed by atoms with van der Waals surface area (Å²) >= 11 is 0. The highest BCUT2D eigenvalue weighted by Crippen LogP contribution is 2.28. The monoisotopic (exact) mass is 377 g/mol. The van der Waals surface area contributed by atoms with Gasteiger partial charge in [0, 0.05) is 5.56 Å². The molecule has 0 amide bonds. The molecule has 140 valence electrons. The molecule has 27 heavy (non-hydrogen) atoms. The van der Waals surface area contributed by atoms with Crippen molar-refractivity contribution in [2.45, 2.75) is 6.36 Å².